The molecule has 0 spiro atoms. The fourth-order valence-corrected chi connectivity index (χ4v) is 2.62. The third-order valence-corrected chi connectivity index (χ3v) is 4.31. The van der Waals surface area contributed by atoms with Gasteiger partial charge >= 0.3 is 0 Å². The van der Waals surface area contributed by atoms with E-state index in [1.807, 2.05) is 19.3 Å². The Labute approximate surface area is 129 Å². The monoisotopic (exact) mass is 299 g/mol. The second-order valence-corrected chi connectivity index (χ2v) is 6.36. The SMILES string of the molecule is Cn1cc(Nc2cc(CC3CC3)ncn2)c(OC2CCC2)n1. The van der Waals surface area contributed by atoms with Crippen LogP contribution in [0, 0.1) is 5.92 Å². The Kier molecular flexibility index (Phi) is 3.44. The van der Waals surface area contributed by atoms with Crippen molar-refractivity contribution in [1.82, 2.24) is 19.7 Å². The van der Waals surface area contributed by atoms with Crippen LogP contribution < -0.4 is 10.1 Å². The van der Waals surface area contributed by atoms with Crippen molar-refractivity contribution >= 4 is 11.5 Å². The van der Waals surface area contributed by atoms with E-state index < -0.39 is 0 Å². The number of aryl methyl sites for hydroxylation is 1. The summed E-state index contributed by atoms with van der Waals surface area (Å²) in [6, 6.07) is 2.03. The molecule has 116 valence electrons. The van der Waals surface area contributed by atoms with Crippen LogP contribution in [-0.2, 0) is 13.5 Å². The molecular weight excluding hydrogens is 278 g/mol. The van der Waals surface area contributed by atoms with Crippen LogP contribution >= 0.6 is 0 Å². The Morgan fingerprint density at radius 2 is 2.14 bits per heavy atom. The molecular formula is C16H21N5O. The Hall–Kier alpha value is -2.11. The Balaban J connectivity index is 1.49. The lowest BCUT2D eigenvalue weighted by molar-refractivity contribution is 0.114. The summed E-state index contributed by atoms with van der Waals surface area (Å²) in [4.78, 5) is 8.67. The average Bonchev–Trinajstić information content (AvgIpc) is 3.18. The highest BCUT2D eigenvalue weighted by atomic mass is 16.5. The Morgan fingerprint density at radius 1 is 1.27 bits per heavy atom. The van der Waals surface area contributed by atoms with Gasteiger partial charge in [0.05, 0.1) is 6.20 Å². The van der Waals surface area contributed by atoms with Crippen molar-refractivity contribution in [3.63, 3.8) is 0 Å². The second-order valence-electron chi connectivity index (χ2n) is 6.36. The van der Waals surface area contributed by atoms with E-state index >= 15 is 0 Å². The van der Waals surface area contributed by atoms with Crippen LogP contribution in [0.2, 0.25) is 0 Å². The van der Waals surface area contributed by atoms with Gasteiger partial charge in [0.1, 0.15) is 23.9 Å². The van der Waals surface area contributed by atoms with Crippen LogP contribution in [0.4, 0.5) is 11.5 Å². The highest BCUT2D eigenvalue weighted by Crippen LogP contribution is 2.33. The first-order chi connectivity index (χ1) is 10.8. The molecule has 2 aliphatic rings. The molecule has 0 aromatic carbocycles. The first kappa shape index (κ1) is 13.5. The number of anilines is 2. The summed E-state index contributed by atoms with van der Waals surface area (Å²) in [5, 5.41) is 7.72. The molecule has 0 unspecified atom stereocenters. The molecule has 0 atom stereocenters. The van der Waals surface area contributed by atoms with Gasteiger partial charge in [-0.05, 0) is 44.4 Å². The molecule has 0 amide bonds. The molecule has 1 N–H and O–H groups in total. The lowest BCUT2D eigenvalue weighted by Gasteiger charge is -2.25. The van der Waals surface area contributed by atoms with Crippen LogP contribution in [0.1, 0.15) is 37.8 Å². The highest BCUT2D eigenvalue weighted by molar-refractivity contribution is 5.61. The van der Waals surface area contributed by atoms with Gasteiger partial charge in [0.2, 0.25) is 0 Å². The quantitative estimate of drug-likeness (QED) is 0.888. The number of nitrogens with one attached hydrogen (secondary N) is 1. The van der Waals surface area contributed by atoms with E-state index in [-0.39, 0.29) is 0 Å². The zero-order chi connectivity index (χ0) is 14.9. The summed E-state index contributed by atoms with van der Waals surface area (Å²) in [7, 11) is 1.90. The first-order valence-corrected chi connectivity index (χ1v) is 8.04. The smallest absolute Gasteiger partial charge is 0.257 e. The first-order valence-electron chi connectivity index (χ1n) is 8.04. The molecule has 2 saturated carbocycles. The van der Waals surface area contributed by atoms with E-state index in [4.69, 9.17) is 4.74 Å². The third kappa shape index (κ3) is 3.05. The van der Waals surface area contributed by atoms with Gasteiger partial charge in [-0.1, -0.05) is 0 Å². The van der Waals surface area contributed by atoms with E-state index in [1.54, 1.807) is 11.0 Å². The van der Waals surface area contributed by atoms with E-state index in [9.17, 15) is 0 Å². The summed E-state index contributed by atoms with van der Waals surface area (Å²) in [5.41, 5.74) is 1.97. The fourth-order valence-electron chi connectivity index (χ4n) is 2.62. The largest absolute Gasteiger partial charge is 0.472 e. The molecule has 4 rings (SSSR count). The number of ether oxygens (including phenoxy) is 1. The third-order valence-electron chi connectivity index (χ3n) is 4.31. The number of rotatable bonds is 6. The van der Waals surface area contributed by atoms with Gasteiger partial charge in [0.25, 0.3) is 5.88 Å². The molecule has 6 nitrogen and oxygen atoms in total. The lowest BCUT2D eigenvalue weighted by Crippen LogP contribution is -2.25. The minimum atomic E-state index is 0.311. The fraction of sp³-hybridized carbons (Fsp3) is 0.562. The molecule has 2 aliphatic carbocycles. The van der Waals surface area contributed by atoms with E-state index in [0.717, 1.165) is 42.4 Å². The van der Waals surface area contributed by atoms with Crippen LogP contribution in [-0.4, -0.2) is 25.9 Å². The number of hydrogen-bond donors (Lipinski definition) is 1. The molecule has 0 bridgehead atoms. The van der Waals surface area contributed by atoms with Crippen LogP contribution in [0.5, 0.6) is 5.88 Å². The molecule has 6 heteroatoms. The minimum Gasteiger partial charge on any atom is -0.472 e. The summed E-state index contributed by atoms with van der Waals surface area (Å²) in [6.07, 6.45) is 11.1. The van der Waals surface area contributed by atoms with Crippen LogP contribution in [0.25, 0.3) is 0 Å². The summed E-state index contributed by atoms with van der Waals surface area (Å²) < 4.78 is 7.71. The van der Waals surface area contributed by atoms with E-state index in [1.165, 1.54) is 19.3 Å². The van der Waals surface area contributed by atoms with Crippen LogP contribution in [0.15, 0.2) is 18.6 Å². The molecule has 0 saturated heterocycles. The maximum atomic E-state index is 5.94. The summed E-state index contributed by atoms with van der Waals surface area (Å²) >= 11 is 0. The number of aromatic nitrogens is 4. The molecule has 0 aliphatic heterocycles. The predicted molar refractivity (Wildman–Crippen MR) is 83.2 cm³/mol. The zero-order valence-electron chi connectivity index (χ0n) is 12.8. The van der Waals surface area contributed by atoms with Crippen molar-refractivity contribution < 1.29 is 4.74 Å². The Bertz CT molecular complexity index is 660. The lowest BCUT2D eigenvalue weighted by atomic mass is 9.96. The molecule has 22 heavy (non-hydrogen) atoms. The van der Waals surface area contributed by atoms with E-state index in [2.05, 4.69) is 20.4 Å². The maximum absolute atomic E-state index is 5.94. The molecule has 2 aromatic rings. The number of nitrogens with zero attached hydrogens (tertiary/aromatic N) is 4. The van der Waals surface area contributed by atoms with Crippen molar-refractivity contribution in [2.24, 2.45) is 13.0 Å². The zero-order valence-corrected chi connectivity index (χ0v) is 12.8. The van der Waals surface area contributed by atoms with Crippen molar-refractivity contribution in [3.8, 4) is 5.88 Å². The molecule has 2 aromatic heterocycles. The normalized spacial score (nSPS) is 18.0. The predicted octanol–water partition coefficient (Wildman–Crippen LogP) is 2.84. The summed E-state index contributed by atoms with van der Waals surface area (Å²) in [5.74, 6) is 2.28. The van der Waals surface area contributed by atoms with Gasteiger partial charge < -0.3 is 10.1 Å². The number of hydrogen-bond acceptors (Lipinski definition) is 5. The maximum Gasteiger partial charge on any atom is 0.257 e. The summed E-state index contributed by atoms with van der Waals surface area (Å²) in [6.45, 7) is 0. The molecule has 0 radical (unpaired) electrons. The standard InChI is InChI=1S/C16H21N5O/c1-21-9-14(16(20-21)22-13-3-2-4-13)19-15-8-12(17-10-18-15)7-11-5-6-11/h8-11,13H,2-7H2,1H3,(H,17,18,19). The van der Waals surface area contributed by atoms with Crippen molar-refractivity contribution in [3.05, 3.63) is 24.3 Å². The van der Waals surface area contributed by atoms with Crippen molar-refractivity contribution in [2.45, 2.75) is 44.6 Å². The van der Waals surface area contributed by atoms with Gasteiger partial charge in [-0.25, -0.2) is 9.97 Å². The van der Waals surface area contributed by atoms with Crippen LogP contribution in [0.3, 0.4) is 0 Å². The van der Waals surface area contributed by atoms with E-state index in [0.29, 0.717) is 12.0 Å². The average molecular weight is 299 g/mol. The van der Waals surface area contributed by atoms with Gasteiger partial charge in [0, 0.05) is 18.8 Å². The highest BCUT2D eigenvalue weighted by Gasteiger charge is 2.23. The van der Waals surface area contributed by atoms with Gasteiger partial charge in [0.15, 0.2) is 0 Å². The van der Waals surface area contributed by atoms with Gasteiger partial charge in [-0.15, -0.1) is 5.10 Å². The molecule has 2 heterocycles. The minimum absolute atomic E-state index is 0.311. The van der Waals surface area contributed by atoms with Crippen molar-refractivity contribution in [1.29, 1.82) is 0 Å². The second kappa shape index (κ2) is 5.59. The van der Waals surface area contributed by atoms with Crippen molar-refractivity contribution in [2.75, 3.05) is 5.32 Å². The Morgan fingerprint density at radius 3 is 2.86 bits per heavy atom. The molecule has 2 fully saturated rings. The topological polar surface area (TPSA) is 64.9 Å². The van der Waals surface area contributed by atoms with Gasteiger partial charge in [-0.3, -0.25) is 4.68 Å². The van der Waals surface area contributed by atoms with Gasteiger partial charge in [-0.2, -0.15) is 0 Å².